The first kappa shape index (κ1) is 38.3. The summed E-state index contributed by atoms with van der Waals surface area (Å²) in [5.41, 5.74) is 14.3. The van der Waals surface area contributed by atoms with Gasteiger partial charge in [-0.05, 0) is 72.9 Å². The second-order valence-electron chi connectivity index (χ2n) is 19.8. The Labute approximate surface area is 363 Å². The van der Waals surface area contributed by atoms with Crippen LogP contribution in [0.15, 0.2) is 155 Å². The van der Waals surface area contributed by atoms with E-state index in [4.69, 9.17) is 0 Å². The van der Waals surface area contributed by atoms with Gasteiger partial charge in [-0.3, -0.25) is 19.2 Å². The van der Waals surface area contributed by atoms with Gasteiger partial charge in [0.1, 0.15) is 0 Å². The molecule has 0 bridgehead atoms. The van der Waals surface area contributed by atoms with E-state index in [-0.39, 0.29) is 34.0 Å². The Kier molecular flexibility index (Phi) is 8.28. The van der Waals surface area contributed by atoms with Crippen molar-refractivity contribution in [3.63, 3.8) is 0 Å². The van der Waals surface area contributed by atoms with Crippen LogP contribution >= 0.6 is 0 Å². The molecule has 0 saturated heterocycles. The maximum atomic E-state index is 14.8. The Hall–Kier alpha value is -6.66. The van der Waals surface area contributed by atoms with Crippen molar-refractivity contribution < 1.29 is 19.2 Å². The summed E-state index contributed by atoms with van der Waals surface area (Å²) in [6.07, 6.45) is 2.08. The lowest BCUT2D eigenvalue weighted by atomic mass is 9.67. The van der Waals surface area contributed by atoms with Crippen LogP contribution in [-0.2, 0) is 9.59 Å². The highest BCUT2D eigenvalue weighted by Gasteiger charge is 2.52. The standard InChI is InChI=1S/C56H48N2O4/c1-31-15-23-35(24-16-31)57-41-27-55(3,4)29-43(59)47(41)45(49-51(57)37-11-7-9-13-39(37)53(49)61)33-19-21-34(22-20-33)46-48-42(28-56(5,6)30-44(48)60)58(36-25-17-32(2)18-26-36)52-38-12-8-10-14-40(38)54(62)50(46)52/h7-26,45-46H,27-30H2,1-6H3. The maximum absolute atomic E-state index is 14.8. The number of carbonyl (C=O) groups excluding carboxylic acids is 4. The molecule has 0 radical (unpaired) electrons. The summed E-state index contributed by atoms with van der Waals surface area (Å²) in [5, 5.41) is 0. The minimum Gasteiger partial charge on any atom is -0.313 e. The minimum atomic E-state index is -0.596. The zero-order chi connectivity index (χ0) is 43.0. The third kappa shape index (κ3) is 5.61. The van der Waals surface area contributed by atoms with Crippen LogP contribution in [0.1, 0.15) is 119 Å². The fourth-order valence-electron chi connectivity index (χ4n) is 11.3. The van der Waals surface area contributed by atoms with Crippen LogP contribution in [0, 0.1) is 24.7 Å². The highest BCUT2D eigenvalue weighted by Crippen LogP contribution is 2.59. The third-order valence-corrected chi connectivity index (χ3v) is 14.0. The first-order valence-electron chi connectivity index (χ1n) is 21.8. The number of fused-ring (bicyclic) bond motifs is 4. The molecule has 2 aliphatic heterocycles. The molecule has 306 valence electrons. The number of aryl methyl sites for hydroxylation is 2. The third-order valence-electron chi connectivity index (χ3n) is 14.0. The predicted octanol–water partition coefficient (Wildman–Crippen LogP) is 12.0. The first-order chi connectivity index (χ1) is 29.7. The minimum absolute atomic E-state index is 0.0514. The maximum Gasteiger partial charge on any atom is 0.192 e. The van der Waals surface area contributed by atoms with E-state index in [2.05, 4.69) is 99.9 Å². The van der Waals surface area contributed by atoms with E-state index in [0.717, 1.165) is 67.5 Å². The van der Waals surface area contributed by atoms with E-state index in [0.29, 0.717) is 59.1 Å². The topological polar surface area (TPSA) is 74.8 Å². The van der Waals surface area contributed by atoms with Crippen molar-refractivity contribution >= 4 is 45.9 Å². The average Bonchev–Trinajstić information content (AvgIpc) is 3.69. The van der Waals surface area contributed by atoms with Crippen molar-refractivity contribution in [2.75, 3.05) is 9.80 Å². The molecule has 0 N–H and O–H groups in total. The SMILES string of the molecule is Cc1ccc(N2C3=C(C(=O)CC(C)(C)C3)C(c3ccc(C4C5=C(CC(C)(C)CC5=O)N(c5ccc(C)cc5)C5=C4C(=O)c4ccccc45)cc3)C3=C2c2ccccc2C3=O)cc1. The monoisotopic (exact) mass is 812 g/mol. The molecule has 2 heterocycles. The summed E-state index contributed by atoms with van der Waals surface area (Å²) in [7, 11) is 0. The summed E-state index contributed by atoms with van der Waals surface area (Å²) in [5.74, 6) is -1.22. The molecule has 11 rings (SSSR count). The van der Waals surface area contributed by atoms with E-state index < -0.39 is 11.8 Å². The number of benzene rings is 5. The summed E-state index contributed by atoms with van der Waals surface area (Å²) < 4.78 is 0. The molecule has 2 unspecified atom stereocenters. The normalized spacial score (nSPS) is 22.2. The predicted molar refractivity (Wildman–Crippen MR) is 245 cm³/mol. The molecule has 0 aromatic heterocycles. The molecule has 0 spiro atoms. The van der Waals surface area contributed by atoms with Crippen LogP contribution in [0.2, 0.25) is 0 Å². The number of hydrogen-bond donors (Lipinski definition) is 0. The van der Waals surface area contributed by atoms with Crippen LogP contribution in [0.25, 0.3) is 11.4 Å². The van der Waals surface area contributed by atoms with Gasteiger partial charge in [0, 0.05) is 92.0 Å². The average molecular weight is 813 g/mol. The molecule has 4 aliphatic carbocycles. The number of carbonyl (C=O) groups is 4. The number of Topliss-reactive ketones (excluding diaryl/α,β-unsaturated/α-hetero) is 4. The first-order valence-corrected chi connectivity index (χ1v) is 21.8. The van der Waals surface area contributed by atoms with Gasteiger partial charge in [-0.25, -0.2) is 0 Å². The van der Waals surface area contributed by atoms with Crippen molar-refractivity contribution in [3.05, 3.63) is 200 Å². The van der Waals surface area contributed by atoms with Crippen molar-refractivity contribution in [2.45, 2.75) is 79.1 Å². The second kappa shape index (κ2) is 13.4. The molecule has 5 aromatic carbocycles. The number of anilines is 2. The summed E-state index contributed by atoms with van der Waals surface area (Å²) >= 11 is 0. The molecular weight excluding hydrogens is 765 g/mol. The molecule has 6 aliphatic rings. The summed E-state index contributed by atoms with van der Waals surface area (Å²) in [6, 6.07) is 40.4. The lowest BCUT2D eigenvalue weighted by Gasteiger charge is -2.45. The van der Waals surface area contributed by atoms with Gasteiger partial charge in [0.05, 0.1) is 11.4 Å². The molecule has 6 nitrogen and oxygen atoms in total. The van der Waals surface area contributed by atoms with Crippen molar-refractivity contribution in [2.24, 2.45) is 10.8 Å². The Morgan fingerprint density at radius 3 is 1.11 bits per heavy atom. The Bertz CT molecular complexity index is 2790. The lowest BCUT2D eigenvalue weighted by Crippen LogP contribution is -2.39. The Balaban J connectivity index is 1.11. The van der Waals surface area contributed by atoms with Crippen molar-refractivity contribution in [1.29, 1.82) is 0 Å². The number of hydrogen-bond acceptors (Lipinski definition) is 6. The van der Waals surface area contributed by atoms with Gasteiger partial charge in [0.25, 0.3) is 0 Å². The van der Waals surface area contributed by atoms with E-state index in [9.17, 15) is 19.2 Å². The van der Waals surface area contributed by atoms with Gasteiger partial charge in [-0.2, -0.15) is 0 Å². The molecule has 0 amide bonds. The van der Waals surface area contributed by atoms with Crippen LogP contribution < -0.4 is 9.80 Å². The smallest absolute Gasteiger partial charge is 0.192 e. The largest absolute Gasteiger partial charge is 0.313 e. The van der Waals surface area contributed by atoms with E-state index in [1.807, 2.05) is 72.8 Å². The second-order valence-corrected chi connectivity index (χ2v) is 19.8. The highest BCUT2D eigenvalue weighted by atomic mass is 16.1. The van der Waals surface area contributed by atoms with Gasteiger partial charge in [-0.1, -0.05) is 136 Å². The zero-order valence-electron chi connectivity index (χ0n) is 36.1. The quantitative estimate of drug-likeness (QED) is 0.180. The number of nitrogens with zero attached hydrogens (tertiary/aromatic N) is 2. The van der Waals surface area contributed by atoms with Crippen LogP contribution in [0.5, 0.6) is 0 Å². The molecule has 5 aromatic rings. The summed E-state index contributed by atoms with van der Waals surface area (Å²) in [6.45, 7) is 12.7. The number of ketones is 4. The highest BCUT2D eigenvalue weighted by molar-refractivity contribution is 6.27. The van der Waals surface area contributed by atoms with Crippen molar-refractivity contribution in [3.8, 4) is 0 Å². The molecule has 62 heavy (non-hydrogen) atoms. The van der Waals surface area contributed by atoms with Crippen LogP contribution in [-0.4, -0.2) is 23.1 Å². The lowest BCUT2D eigenvalue weighted by molar-refractivity contribution is -0.119. The Morgan fingerprint density at radius 1 is 0.419 bits per heavy atom. The van der Waals surface area contributed by atoms with Crippen LogP contribution in [0.4, 0.5) is 11.4 Å². The molecule has 0 fully saturated rings. The van der Waals surface area contributed by atoms with Gasteiger partial charge in [0.15, 0.2) is 23.1 Å². The van der Waals surface area contributed by atoms with E-state index in [1.54, 1.807) is 0 Å². The molecule has 2 atom stereocenters. The fraction of sp³-hybridized carbons (Fsp3) is 0.250. The Morgan fingerprint density at radius 2 is 0.758 bits per heavy atom. The van der Waals surface area contributed by atoms with Gasteiger partial charge in [-0.15, -0.1) is 0 Å². The number of allylic oxidation sites excluding steroid dienone is 6. The van der Waals surface area contributed by atoms with Gasteiger partial charge >= 0.3 is 0 Å². The number of rotatable bonds is 4. The molecule has 0 saturated carbocycles. The van der Waals surface area contributed by atoms with E-state index >= 15 is 0 Å². The van der Waals surface area contributed by atoms with Crippen molar-refractivity contribution in [1.82, 2.24) is 0 Å². The fourth-order valence-corrected chi connectivity index (χ4v) is 11.3. The van der Waals surface area contributed by atoms with Crippen LogP contribution in [0.3, 0.4) is 0 Å². The summed E-state index contributed by atoms with van der Waals surface area (Å²) in [4.78, 5) is 63.5. The molecular formula is C56H48N2O4. The van der Waals surface area contributed by atoms with Gasteiger partial charge < -0.3 is 9.80 Å². The molecule has 6 heteroatoms. The van der Waals surface area contributed by atoms with E-state index in [1.165, 1.54) is 0 Å². The van der Waals surface area contributed by atoms with Gasteiger partial charge in [0.2, 0.25) is 0 Å². The zero-order valence-corrected chi connectivity index (χ0v) is 36.1.